The second-order valence-corrected chi connectivity index (χ2v) is 7.85. The molecular formula is C28H20N2O6. The Kier molecular flexibility index (Phi) is 6.15. The van der Waals surface area contributed by atoms with Gasteiger partial charge in [-0.25, -0.2) is 9.59 Å². The maximum Gasteiger partial charge on any atom is 0.337 e. The average Bonchev–Trinajstić information content (AvgIpc) is 2.92. The Morgan fingerprint density at radius 1 is 0.556 bits per heavy atom. The number of aromatic nitrogens is 2. The molecule has 0 N–H and O–H groups in total. The Bertz CT molecular complexity index is 1490. The monoisotopic (exact) mass is 480 g/mol. The highest BCUT2D eigenvalue weighted by Crippen LogP contribution is 2.35. The zero-order valence-corrected chi connectivity index (χ0v) is 19.4. The van der Waals surface area contributed by atoms with Gasteiger partial charge in [0, 0.05) is 0 Å². The molecule has 0 radical (unpaired) electrons. The van der Waals surface area contributed by atoms with Gasteiger partial charge in [-0.2, -0.15) is 10.2 Å². The van der Waals surface area contributed by atoms with E-state index in [1.807, 2.05) is 36.4 Å². The highest BCUT2D eigenvalue weighted by atomic mass is 16.5. The van der Waals surface area contributed by atoms with Crippen molar-refractivity contribution in [1.29, 1.82) is 0 Å². The summed E-state index contributed by atoms with van der Waals surface area (Å²) in [6.07, 6.45) is 2.95. The van der Waals surface area contributed by atoms with Crippen molar-refractivity contribution < 1.29 is 28.5 Å². The molecule has 0 spiro atoms. The zero-order valence-electron chi connectivity index (χ0n) is 19.4. The van der Waals surface area contributed by atoms with E-state index in [1.54, 1.807) is 36.4 Å². The number of hydrogen-bond acceptors (Lipinski definition) is 8. The van der Waals surface area contributed by atoms with E-state index >= 15 is 0 Å². The second-order valence-electron chi connectivity index (χ2n) is 7.85. The predicted octanol–water partition coefficient (Wildman–Crippen LogP) is 5.94. The van der Waals surface area contributed by atoms with Gasteiger partial charge in [0.2, 0.25) is 0 Å². The van der Waals surface area contributed by atoms with E-state index in [0.29, 0.717) is 34.1 Å². The first-order valence-corrected chi connectivity index (χ1v) is 10.9. The SMILES string of the molecule is COC(=O)c1ccc2cc(Oc3cnncc3Oc3ccc4cc(C(=O)OC)ccc4c3)ccc2c1. The van der Waals surface area contributed by atoms with Gasteiger partial charge in [0.15, 0.2) is 11.5 Å². The van der Waals surface area contributed by atoms with Gasteiger partial charge in [-0.3, -0.25) is 0 Å². The number of esters is 2. The number of rotatable bonds is 6. The lowest BCUT2D eigenvalue weighted by Gasteiger charge is -2.12. The van der Waals surface area contributed by atoms with E-state index in [2.05, 4.69) is 10.2 Å². The minimum atomic E-state index is -0.389. The van der Waals surface area contributed by atoms with E-state index in [1.165, 1.54) is 26.6 Å². The summed E-state index contributed by atoms with van der Waals surface area (Å²) in [6, 6.07) is 21.6. The first-order valence-electron chi connectivity index (χ1n) is 10.9. The fourth-order valence-corrected chi connectivity index (χ4v) is 3.77. The molecule has 0 unspecified atom stereocenters. The summed E-state index contributed by atoms with van der Waals surface area (Å²) in [5.41, 5.74) is 0.953. The number of carbonyl (C=O) groups is 2. The first kappa shape index (κ1) is 22.8. The van der Waals surface area contributed by atoms with Crippen molar-refractivity contribution in [3.63, 3.8) is 0 Å². The van der Waals surface area contributed by atoms with Crippen molar-refractivity contribution in [2.45, 2.75) is 0 Å². The molecule has 0 aliphatic rings. The van der Waals surface area contributed by atoms with Crippen molar-refractivity contribution >= 4 is 33.5 Å². The van der Waals surface area contributed by atoms with Crippen LogP contribution in [0.4, 0.5) is 0 Å². The van der Waals surface area contributed by atoms with Gasteiger partial charge in [0.05, 0.1) is 37.7 Å². The van der Waals surface area contributed by atoms with Crippen LogP contribution in [0.5, 0.6) is 23.0 Å². The molecule has 5 aromatic rings. The Labute approximate surface area is 206 Å². The van der Waals surface area contributed by atoms with Crippen LogP contribution in [0.3, 0.4) is 0 Å². The number of ether oxygens (including phenoxy) is 4. The number of benzene rings is 4. The summed E-state index contributed by atoms with van der Waals surface area (Å²) in [7, 11) is 2.70. The largest absolute Gasteiger partial charge is 0.465 e. The molecule has 8 nitrogen and oxygen atoms in total. The zero-order chi connectivity index (χ0) is 25.1. The molecule has 5 rings (SSSR count). The average molecular weight is 480 g/mol. The maximum absolute atomic E-state index is 11.8. The number of carbonyl (C=O) groups excluding carboxylic acids is 2. The lowest BCUT2D eigenvalue weighted by atomic mass is 10.1. The molecule has 0 amide bonds. The quantitative estimate of drug-likeness (QED) is 0.276. The highest BCUT2D eigenvalue weighted by Gasteiger charge is 2.12. The molecule has 0 fully saturated rings. The van der Waals surface area contributed by atoms with Crippen LogP contribution in [0.25, 0.3) is 21.5 Å². The van der Waals surface area contributed by atoms with Crippen molar-refractivity contribution in [3.05, 3.63) is 96.3 Å². The smallest absolute Gasteiger partial charge is 0.337 e. The number of nitrogens with zero attached hydrogens (tertiary/aromatic N) is 2. The Balaban J connectivity index is 1.39. The fraction of sp³-hybridized carbons (Fsp3) is 0.0714. The van der Waals surface area contributed by atoms with Gasteiger partial charge in [0.25, 0.3) is 0 Å². The Morgan fingerprint density at radius 2 is 0.944 bits per heavy atom. The third-order valence-corrected chi connectivity index (χ3v) is 5.58. The first-order chi connectivity index (χ1) is 17.5. The predicted molar refractivity (Wildman–Crippen MR) is 133 cm³/mol. The lowest BCUT2D eigenvalue weighted by Crippen LogP contribution is -2.00. The van der Waals surface area contributed by atoms with Crippen LogP contribution >= 0.6 is 0 Å². The molecule has 0 bridgehead atoms. The van der Waals surface area contributed by atoms with Gasteiger partial charge >= 0.3 is 11.9 Å². The minimum absolute atomic E-state index is 0.386. The third kappa shape index (κ3) is 4.65. The van der Waals surface area contributed by atoms with Crippen LogP contribution in [-0.2, 0) is 9.47 Å². The lowest BCUT2D eigenvalue weighted by molar-refractivity contribution is 0.0592. The number of fused-ring (bicyclic) bond motifs is 2. The molecular weight excluding hydrogens is 460 g/mol. The van der Waals surface area contributed by atoms with Gasteiger partial charge in [-0.05, 0) is 70.1 Å². The summed E-state index contributed by atoms with van der Waals surface area (Å²) in [6.45, 7) is 0. The van der Waals surface area contributed by atoms with E-state index in [4.69, 9.17) is 18.9 Å². The van der Waals surface area contributed by atoms with E-state index < -0.39 is 0 Å². The number of methoxy groups -OCH3 is 2. The molecule has 0 saturated heterocycles. The maximum atomic E-state index is 11.8. The topological polar surface area (TPSA) is 96.8 Å². The molecule has 36 heavy (non-hydrogen) atoms. The van der Waals surface area contributed by atoms with Crippen molar-refractivity contribution in [3.8, 4) is 23.0 Å². The van der Waals surface area contributed by atoms with E-state index in [9.17, 15) is 9.59 Å². The van der Waals surface area contributed by atoms with Crippen LogP contribution in [0.2, 0.25) is 0 Å². The van der Waals surface area contributed by atoms with Crippen LogP contribution in [0.1, 0.15) is 20.7 Å². The summed E-state index contributed by atoms with van der Waals surface area (Å²) in [4.78, 5) is 23.6. The highest BCUT2D eigenvalue weighted by molar-refractivity contribution is 5.96. The molecule has 1 heterocycles. The molecule has 178 valence electrons. The van der Waals surface area contributed by atoms with Gasteiger partial charge < -0.3 is 18.9 Å². The van der Waals surface area contributed by atoms with Crippen LogP contribution < -0.4 is 9.47 Å². The van der Waals surface area contributed by atoms with Gasteiger partial charge in [0.1, 0.15) is 11.5 Å². The third-order valence-electron chi connectivity index (χ3n) is 5.58. The second kappa shape index (κ2) is 9.71. The van der Waals surface area contributed by atoms with Crippen LogP contribution in [0.15, 0.2) is 85.2 Å². The molecule has 4 aromatic carbocycles. The summed E-state index contributed by atoms with van der Waals surface area (Å²) in [5.74, 6) is 1.13. The molecule has 0 aliphatic heterocycles. The van der Waals surface area contributed by atoms with Crippen molar-refractivity contribution in [2.75, 3.05) is 14.2 Å². The molecule has 0 atom stereocenters. The molecule has 8 heteroatoms. The van der Waals surface area contributed by atoms with Gasteiger partial charge in [-0.15, -0.1) is 0 Å². The van der Waals surface area contributed by atoms with E-state index in [-0.39, 0.29) is 11.9 Å². The van der Waals surface area contributed by atoms with Gasteiger partial charge in [-0.1, -0.05) is 24.3 Å². The summed E-state index contributed by atoms with van der Waals surface area (Å²) in [5, 5.41) is 11.4. The molecule has 0 aliphatic carbocycles. The minimum Gasteiger partial charge on any atom is -0.465 e. The van der Waals surface area contributed by atoms with E-state index in [0.717, 1.165) is 21.5 Å². The van der Waals surface area contributed by atoms with Crippen LogP contribution in [0, 0.1) is 0 Å². The Morgan fingerprint density at radius 3 is 1.36 bits per heavy atom. The normalized spacial score (nSPS) is 10.7. The number of hydrogen-bond donors (Lipinski definition) is 0. The van der Waals surface area contributed by atoms with Crippen molar-refractivity contribution in [1.82, 2.24) is 10.2 Å². The fourth-order valence-electron chi connectivity index (χ4n) is 3.77. The standard InChI is InChI=1S/C28H20N2O6/c1-33-27(31)21-5-3-19-13-23(9-7-17(19)11-21)35-25-15-29-30-16-26(25)36-24-10-8-18-12-22(28(32)34-2)6-4-20(18)14-24/h3-16H,1-2H3. The molecule has 1 aromatic heterocycles. The summed E-state index contributed by atoms with van der Waals surface area (Å²) < 4.78 is 21.7. The van der Waals surface area contributed by atoms with Crippen LogP contribution in [-0.4, -0.2) is 36.4 Å². The molecule has 0 saturated carbocycles. The summed E-state index contributed by atoms with van der Waals surface area (Å²) >= 11 is 0. The Hall–Kier alpha value is -4.98. The van der Waals surface area contributed by atoms with Crippen molar-refractivity contribution in [2.24, 2.45) is 0 Å².